The Labute approximate surface area is 166 Å². The van der Waals surface area contributed by atoms with Crippen LogP contribution in [0.1, 0.15) is 36.8 Å². The van der Waals surface area contributed by atoms with Crippen LogP contribution in [0, 0.1) is 0 Å². The maximum Gasteiger partial charge on any atom is 0.128 e. The van der Waals surface area contributed by atoms with Crippen molar-refractivity contribution in [2.45, 2.75) is 25.7 Å². The van der Waals surface area contributed by atoms with E-state index in [0.717, 1.165) is 38.8 Å². The molecule has 0 amide bonds. The topological polar surface area (TPSA) is 83.6 Å². The van der Waals surface area contributed by atoms with E-state index >= 15 is 0 Å². The van der Waals surface area contributed by atoms with E-state index in [2.05, 4.69) is 9.98 Å². The van der Waals surface area contributed by atoms with Crippen LogP contribution in [0.2, 0.25) is 0 Å². The summed E-state index contributed by atoms with van der Waals surface area (Å²) in [6.07, 6.45) is 7.54. The summed E-state index contributed by atoms with van der Waals surface area (Å²) in [6, 6.07) is 10.3. The molecule has 2 N–H and O–H groups in total. The zero-order chi connectivity index (χ0) is 20.2. The maximum absolute atomic E-state index is 9.86. The van der Waals surface area contributed by atoms with Gasteiger partial charge in [-0.15, -0.1) is 0 Å². The van der Waals surface area contributed by atoms with E-state index < -0.39 is 0 Å². The van der Waals surface area contributed by atoms with E-state index in [1.54, 1.807) is 63.0 Å². The Kier molecular flexibility index (Phi) is 8.85. The van der Waals surface area contributed by atoms with Crippen LogP contribution >= 0.6 is 0 Å². The zero-order valence-electron chi connectivity index (χ0n) is 16.5. The van der Waals surface area contributed by atoms with E-state index in [1.807, 2.05) is 0 Å². The van der Waals surface area contributed by atoms with Crippen molar-refractivity contribution < 1.29 is 19.7 Å². The highest BCUT2D eigenvalue weighted by Crippen LogP contribution is 2.22. The predicted octanol–water partition coefficient (Wildman–Crippen LogP) is 4.21. The SMILES string of the molecule is COc1ccc(C=NCCCCCCN=Cc2ccc(OC)cc2O)c(O)c1. The van der Waals surface area contributed by atoms with Crippen molar-refractivity contribution in [3.63, 3.8) is 0 Å². The highest BCUT2D eigenvalue weighted by atomic mass is 16.5. The summed E-state index contributed by atoms with van der Waals surface area (Å²) in [6.45, 7) is 1.46. The van der Waals surface area contributed by atoms with Crippen LogP contribution in [0.5, 0.6) is 23.0 Å². The third-order valence-corrected chi connectivity index (χ3v) is 4.26. The Balaban J connectivity index is 1.59. The van der Waals surface area contributed by atoms with Crippen LogP contribution in [-0.4, -0.2) is 50.0 Å². The molecule has 2 aromatic rings. The molecule has 150 valence electrons. The first-order chi connectivity index (χ1) is 13.6. The molecule has 0 spiro atoms. The van der Waals surface area contributed by atoms with Gasteiger partial charge in [-0.1, -0.05) is 12.8 Å². The summed E-state index contributed by atoms with van der Waals surface area (Å²) < 4.78 is 10.1. The van der Waals surface area contributed by atoms with Gasteiger partial charge in [-0.3, -0.25) is 9.98 Å². The largest absolute Gasteiger partial charge is 0.507 e. The quantitative estimate of drug-likeness (QED) is 0.449. The van der Waals surface area contributed by atoms with E-state index in [1.165, 1.54) is 0 Å². The lowest BCUT2D eigenvalue weighted by Gasteiger charge is -2.03. The molecule has 0 saturated carbocycles. The second-order valence-electron chi connectivity index (χ2n) is 6.33. The van der Waals surface area contributed by atoms with Gasteiger partial charge >= 0.3 is 0 Å². The van der Waals surface area contributed by atoms with Gasteiger partial charge in [0.1, 0.15) is 23.0 Å². The van der Waals surface area contributed by atoms with Gasteiger partial charge in [-0.2, -0.15) is 0 Å². The number of phenolic OH excluding ortho intramolecular Hbond substituents is 2. The molecule has 2 rings (SSSR count). The molecular formula is C22H28N2O4. The van der Waals surface area contributed by atoms with E-state index in [-0.39, 0.29) is 11.5 Å². The van der Waals surface area contributed by atoms with Gasteiger partial charge in [-0.25, -0.2) is 0 Å². The fourth-order valence-corrected chi connectivity index (χ4v) is 2.60. The van der Waals surface area contributed by atoms with Crippen LogP contribution in [-0.2, 0) is 0 Å². The van der Waals surface area contributed by atoms with Crippen molar-refractivity contribution in [3.8, 4) is 23.0 Å². The molecule has 0 unspecified atom stereocenters. The Morgan fingerprint density at radius 3 is 1.50 bits per heavy atom. The van der Waals surface area contributed by atoms with Crippen molar-refractivity contribution >= 4 is 12.4 Å². The second kappa shape index (κ2) is 11.6. The molecular weight excluding hydrogens is 356 g/mol. The highest BCUT2D eigenvalue weighted by molar-refractivity contribution is 5.84. The van der Waals surface area contributed by atoms with E-state index in [0.29, 0.717) is 22.6 Å². The van der Waals surface area contributed by atoms with Crippen molar-refractivity contribution in [3.05, 3.63) is 47.5 Å². The fourth-order valence-electron chi connectivity index (χ4n) is 2.60. The van der Waals surface area contributed by atoms with Gasteiger partial charge in [0.25, 0.3) is 0 Å². The van der Waals surface area contributed by atoms with Gasteiger partial charge in [0.2, 0.25) is 0 Å². The molecule has 6 nitrogen and oxygen atoms in total. The summed E-state index contributed by atoms with van der Waals surface area (Å²) in [4.78, 5) is 8.72. The number of benzene rings is 2. The van der Waals surface area contributed by atoms with Gasteiger partial charge in [0.15, 0.2) is 0 Å². The molecule has 0 aromatic heterocycles. The maximum atomic E-state index is 9.86. The van der Waals surface area contributed by atoms with E-state index in [4.69, 9.17) is 9.47 Å². The number of hydrogen-bond acceptors (Lipinski definition) is 6. The third kappa shape index (κ3) is 6.95. The Hall–Kier alpha value is -3.02. The van der Waals surface area contributed by atoms with Gasteiger partial charge < -0.3 is 19.7 Å². The minimum atomic E-state index is 0.170. The standard InChI is InChI=1S/C22H28N2O4/c1-27-19-9-7-17(21(25)13-19)15-23-11-5-3-4-6-12-24-16-18-8-10-20(28-2)14-22(18)26/h7-10,13-16,25-26H,3-6,11-12H2,1-2H3. The first-order valence-electron chi connectivity index (χ1n) is 9.37. The summed E-state index contributed by atoms with van der Waals surface area (Å²) in [5.74, 6) is 1.59. The van der Waals surface area contributed by atoms with Crippen LogP contribution < -0.4 is 9.47 Å². The van der Waals surface area contributed by atoms with Gasteiger partial charge in [0, 0.05) is 48.8 Å². The molecule has 0 fully saturated rings. The second-order valence-corrected chi connectivity index (χ2v) is 6.33. The summed E-state index contributed by atoms with van der Waals surface area (Å²) in [7, 11) is 3.13. The number of rotatable bonds is 11. The van der Waals surface area contributed by atoms with Crippen molar-refractivity contribution in [1.29, 1.82) is 0 Å². The molecule has 0 saturated heterocycles. The highest BCUT2D eigenvalue weighted by Gasteiger charge is 2.01. The Morgan fingerprint density at radius 2 is 1.14 bits per heavy atom. The molecule has 0 bridgehead atoms. The number of phenols is 2. The number of aromatic hydroxyl groups is 2. The smallest absolute Gasteiger partial charge is 0.128 e. The van der Waals surface area contributed by atoms with Gasteiger partial charge in [0.05, 0.1) is 14.2 Å². The normalized spacial score (nSPS) is 11.4. The number of unbranched alkanes of at least 4 members (excludes halogenated alkanes) is 3. The van der Waals surface area contributed by atoms with Crippen LogP contribution in [0.3, 0.4) is 0 Å². The molecule has 0 aliphatic carbocycles. The first kappa shape index (κ1) is 21.3. The number of ether oxygens (including phenoxy) is 2. The Bertz CT molecular complexity index is 736. The molecule has 28 heavy (non-hydrogen) atoms. The monoisotopic (exact) mass is 384 g/mol. The minimum Gasteiger partial charge on any atom is -0.507 e. The lowest BCUT2D eigenvalue weighted by Crippen LogP contribution is -1.90. The minimum absolute atomic E-state index is 0.170. The lowest BCUT2D eigenvalue weighted by molar-refractivity contribution is 0.407. The average molecular weight is 384 g/mol. The van der Waals surface area contributed by atoms with Crippen LogP contribution in [0.15, 0.2) is 46.4 Å². The van der Waals surface area contributed by atoms with Crippen molar-refractivity contribution in [2.75, 3.05) is 27.3 Å². The Morgan fingerprint density at radius 1 is 0.714 bits per heavy atom. The number of hydrogen-bond donors (Lipinski definition) is 2. The third-order valence-electron chi connectivity index (χ3n) is 4.26. The molecule has 0 heterocycles. The van der Waals surface area contributed by atoms with Crippen molar-refractivity contribution in [2.24, 2.45) is 9.98 Å². The fraction of sp³-hybridized carbons (Fsp3) is 0.364. The first-order valence-corrected chi connectivity index (χ1v) is 9.37. The number of aliphatic imine (C=N–C) groups is 2. The lowest BCUT2D eigenvalue weighted by atomic mass is 10.2. The molecule has 2 aromatic carbocycles. The number of nitrogens with zero attached hydrogens (tertiary/aromatic N) is 2. The number of methoxy groups -OCH3 is 2. The summed E-state index contributed by atoms with van der Waals surface area (Å²) >= 11 is 0. The zero-order valence-corrected chi connectivity index (χ0v) is 16.5. The van der Waals surface area contributed by atoms with Gasteiger partial charge in [-0.05, 0) is 37.1 Å². The predicted molar refractivity (Wildman–Crippen MR) is 113 cm³/mol. The van der Waals surface area contributed by atoms with Crippen LogP contribution in [0.25, 0.3) is 0 Å². The molecule has 0 atom stereocenters. The molecule has 0 aliphatic heterocycles. The van der Waals surface area contributed by atoms with E-state index in [9.17, 15) is 10.2 Å². The average Bonchev–Trinajstić information content (AvgIpc) is 2.71. The molecule has 0 aliphatic rings. The molecule has 6 heteroatoms. The summed E-state index contributed by atoms with van der Waals surface area (Å²) in [5.41, 5.74) is 1.38. The van der Waals surface area contributed by atoms with Crippen LogP contribution in [0.4, 0.5) is 0 Å². The summed E-state index contributed by atoms with van der Waals surface area (Å²) in [5, 5.41) is 19.7. The van der Waals surface area contributed by atoms with Crippen molar-refractivity contribution in [1.82, 2.24) is 0 Å². The molecule has 0 radical (unpaired) electrons.